The van der Waals surface area contributed by atoms with Gasteiger partial charge in [-0.3, -0.25) is 0 Å². The van der Waals surface area contributed by atoms with E-state index >= 15 is 0 Å². The summed E-state index contributed by atoms with van der Waals surface area (Å²) in [6.07, 6.45) is 5.10. The Morgan fingerprint density at radius 2 is 2.14 bits per heavy atom. The first-order valence-corrected chi connectivity index (χ1v) is 7.62. The van der Waals surface area contributed by atoms with Crippen molar-refractivity contribution < 1.29 is 14.7 Å². The third kappa shape index (κ3) is 5.98. The Labute approximate surface area is 132 Å². The fourth-order valence-corrected chi connectivity index (χ4v) is 2.29. The van der Waals surface area contributed by atoms with Gasteiger partial charge in [-0.05, 0) is 6.07 Å². The minimum atomic E-state index is -1.20. The van der Waals surface area contributed by atoms with E-state index in [2.05, 4.69) is 16.6 Å². The molecular formula is C14H15ClN2O3S. The zero-order valence-electron chi connectivity index (χ0n) is 11.1. The Hall–Kier alpha value is -1.84. The zero-order chi connectivity index (χ0) is 15.7. The van der Waals surface area contributed by atoms with E-state index in [0.29, 0.717) is 23.6 Å². The van der Waals surface area contributed by atoms with Gasteiger partial charge in [-0.15, -0.1) is 18.2 Å². The van der Waals surface area contributed by atoms with E-state index in [1.165, 1.54) is 11.8 Å². The van der Waals surface area contributed by atoms with Crippen molar-refractivity contribution in [1.82, 2.24) is 10.6 Å². The van der Waals surface area contributed by atoms with Crippen molar-refractivity contribution in [3.8, 4) is 12.3 Å². The molecule has 0 aliphatic rings. The van der Waals surface area contributed by atoms with Gasteiger partial charge in [0.15, 0.2) is 6.04 Å². The van der Waals surface area contributed by atoms with E-state index in [1.54, 1.807) is 24.3 Å². The lowest BCUT2D eigenvalue weighted by Crippen LogP contribution is -2.41. The quantitative estimate of drug-likeness (QED) is 0.530. The summed E-state index contributed by atoms with van der Waals surface area (Å²) in [4.78, 5) is 23.0. The Bertz CT molecular complexity index is 545. The molecule has 3 N–H and O–H groups in total. The number of halogens is 1. The predicted molar refractivity (Wildman–Crippen MR) is 84.5 cm³/mol. The number of amides is 2. The van der Waals surface area contributed by atoms with Gasteiger partial charge in [0.25, 0.3) is 0 Å². The summed E-state index contributed by atoms with van der Waals surface area (Å²) in [5, 5.41) is 14.5. The highest BCUT2D eigenvalue weighted by Gasteiger charge is 2.23. The van der Waals surface area contributed by atoms with Crippen molar-refractivity contribution in [2.75, 3.05) is 18.1 Å². The van der Waals surface area contributed by atoms with E-state index in [4.69, 9.17) is 18.0 Å². The molecule has 0 fully saturated rings. The molecule has 1 atom stereocenters. The van der Waals surface area contributed by atoms with Gasteiger partial charge in [0.1, 0.15) is 0 Å². The van der Waals surface area contributed by atoms with Crippen LogP contribution in [0.5, 0.6) is 0 Å². The molecule has 0 saturated heterocycles. The SMILES string of the molecule is C#CCSCCNC(=O)N[C@@H](C(=O)O)c1ccccc1Cl. The molecule has 2 amide bonds. The standard InChI is InChI=1S/C14H15ClN2O3S/c1-2-8-21-9-7-16-14(20)17-12(13(18)19)10-5-3-4-6-11(10)15/h1,3-6,12H,7-9H2,(H,18,19)(H2,16,17,20)/t12-/m1/s1. The van der Waals surface area contributed by atoms with Crippen LogP contribution in [-0.2, 0) is 4.79 Å². The van der Waals surface area contributed by atoms with Crippen molar-refractivity contribution in [3.63, 3.8) is 0 Å². The number of carbonyl (C=O) groups is 2. The summed E-state index contributed by atoms with van der Waals surface area (Å²) in [6.45, 7) is 0.396. The molecule has 0 radical (unpaired) electrons. The van der Waals surface area contributed by atoms with E-state index in [0.717, 1.165) is 0 Å². The van der Waals surface area contributed by atoms with Crippen LogP contribution in [0.1, 0.15) is 11.6 Å². The van der Waals surface area contributed by atoms with Crippen LogP contribution in [0.3, 0.4) is 0 Å². The lowest BCUT2D eigenvalue weighted by atomic mass is 10.1. The zero-order valence-corrected chi connectivity index (χ0v) is 12.7. The highest BCUT2D eigenvalue weighted by atomic mass is 35.5. The number of aliphatic carboxylic acids is 1. The van der Waals surface area contributed by atoms with Gasteiger partial charge in [0.05, 0.1) is 5.75 Å². The Morgan fingerprint density at radius 3 is 2.76 bits per heavy atom. The summed E-state index contributed by atoms with van der Waals surface area (Å²) in [5.74, 6) is 2.52. The number of carbonyl (C=O) groups excluding carboxylic acids is 1. The molecule has 0 saturated carbocycles. The normalized spacial score (nSPS) is 11.2. The lowest BCUT2D eigenvalue weighted by Gasteiger charge is -2.16. The monoisotopic (exact) mass is 326 g/mol. The molecule has 0 spiro atoms. The van der Waals surface area contributed by atoms with Crippen molar-refractivity contribution >= 4 is 35.4 Å². The summed E-state index contributed by atoms with van der Waals surface area (Å²) in [7, 11) is 0. The van der Waals surface area contributed by atoms with Gasteiger partial charge in [0.2, 0.25) is 0 Å². The summed E-state index contributed by atoms with van der Waals surface area (Å²) < 4.78 is 0. The second-order valence-electron chi connectivity index (χ2n) is 3.95. The average Bonchev–Trinajstić information content (AvgIpc) is 2.45. The fourth-order valence-electron chi connectivity index (χ4n) is 1.53. The van der Waals surface area contributed by atoms with Gasteiger partial charge in [0, 0.05) is 22.9 Å². The van der Waals surface area contributed by atoms with Crippen LogP contribution in [-0.4, -0.2) is 35.2 Å². The highest BCUT2D eigenvalue weighted by Crippen LogP contribution is 2.22. The number of carboxylic acid groups (broad SMARTS) is 1. The predicted octanol–water partition coefficient (Wildman–Crippen LogP) is 2.13. The van der Waals surface area contributed by atoms with Crippen LogP contribution in [0.4, 0.5) is 4.79 Å². The van der Waals surface area contributed by atoms with Gasteiger partial charge >= 0.3 is 12.0 Å². The van der Waals surface area contributed by atoms with Crippen molar-refractivity contribution in [2.45, 2.75) is 6.04 Å². The maximum atomic E-state index is 11.7. The maximum Gasteiger partial charge on any atom is 0.331 e. The number of hydrogen-bond donors (Lipinski definition) is 3. The molecule has 1 aromatic rings. The molecule has 1 aromatic carbocycles. The average molecular weight is 327 g/mol. The van der Waals surface area contributed by atoms with Crippen LogP contribution in [0.2, 0.25) is 5.02 Å². The number of hydrogen-bond acceptors (Lipinski definition) is 3. The molecular weight excluding hydrogens is 312 g/mol. The minimum Gasteiger partial charge on any atom is -0.479 e. The van der Waals surface area contributed by atoms with Crippen LogP contribution in [0, 0.1) is 12.3 Å². The first-order chi connectivity index (χ1) is 10.1. The third-order valence-electron chi connectivity index (χ3n) is 2.46. The minimum absolute atomic E-state index is 0.287. The Morgan fingerprint density at radius 1 is 1.43 bits per heavy atom. The second-order valence-corrected chi connectivity index (χ2v) is 5.46. The molecule has 0 aliphatic carbocycles. The van der Waals surface area contributed by atoms with Crippen LogP contribution in [0.15, 0.2) is 24.3 Å². The number of terminal acetylenes is 1. The maximum absolute atomic E-state index is 11.7. The largest absolute Gasteiger partial charge is 0.479 e. The van der Waals surface area contributed by atoms with Gasteiger partial charge in [-0.2, -0.15) is 0 Å². The Balaban J connectivity index is 2.56. The number of benzene rings is 1. The summed E-state index contributed by atoms with van der Waals surface area (Å²) >= 11 is 7.45. The van der Waals surface area contributed by atoms with Gasteiger partial charge in [-0.25, -0.2) is 9.59 Å². The number of thioether (sulfide) groups is 1. The number of urea groups is 1. The van der Waals surface area contributed by atoms with E-state index < -0.39 is 18.0 Å². The van der Waals surface area contributed by atoms with Crippen LogP contribution in [0.25, 0.3) is 0 Å². The molecule has 0 unspecified atom stereocenters. The topological polar surface area (TPSA) is 78.4 Å². The number of carboxylic acids is 1. The molecule has 7 heteroatoms. The first-order valence-electron chi connectivity index (χ1n) is 6.09. The highest BCUT2D eigenvalue weighted by molar-refractivity contribution is 7.99. The fraction of sp³-hybridized carbons (Fsp3) is 0.286. The Kier molecular flexibility index (Phi) is 7.51. The second kappa shape index (κ2) is 9.16. The van der Waals surface area contributed by atoms with Crippen molar-refractivity contribution in [2.24, 2.45) is 0 Å². The van der Waals surface area contributed by atoms with Crippen molar-refractivity contribution in [3.05, 3.63) is 34.9 Å². The molecule has 21 heavy (non-hydrogen) atoms. The van der Waals surface area contributed by atoms with E-state index in [-0.39, 0.29) is 5.02 Å². The van der Waals surface area contributed by atoms with Gasteiger partial charge in [-0.1, -0.05) is 35.7 Å². The lowest BCUT2D eigenvalue weighted by molar-refractivity contribution is -0.139. The molecule has 0 aliphatic heterocycles. The third-order valence-corrected chi connectivity index (χ3v) is 3.66. The molecule has 0 aromatic heterocycles. The molecule has 0 heterocycles. The van der Waals surface area contributed by atoms with E-state index in [9.17, 15) is 14.7 Å². The molecule has 112 valence electrons. The van der Waals surface area contributed by atoms with Gasteiger partial charge < -0.3 is 15.7 Å². The van der Waals surface area contributed by atoms with E-state index in [1.807, 2.05) is 0 Å². The van der Waals surface area contributed by atoms with Crippen LogP contribution >= 0.6 is 23.4 Å². The van der Waals surface area contributed by atoms with Crippen molar-refractivity contribution in [1.29, 1.82) is 0 Å². The number of rotatable bonds is 7. The number of nitrogens with one attached hydrogen (secondary N) is 2. The smallest absolute Gasteiger partial charge is 0.331 e. The first kappa shape index (κ1) is 17.2. The molecule has 0 bridgehead atoms. The molecule has 5 nitrogen and oxygen atoms in total. The van der Waals surface area contributed by atoms with Crippen LogP contribution < -0.4 is 10.6 Å². The molecule has 1 rings (SSSR count). The summed E-state index contributed by atoms with van der Waals surface area (Å²) in [6, 6.07) is 4.72. The summed E-state index contributed by atoms with van der Waals surface area (Å²) in [5.41, 5.74) is 0.337.